The van der Waals surface area contributed by atoms with Crippen molar-refractivity contribution in [3.8, 4) is 0 Å². The highest BCUT2D eigenvalue weighted by Gasteiger charge is 2.25. The van der Waals surface area contributed by atoms with Gasteiger partial charge in [0, 0.05) is 11.3 Å². The Labute approximate surface area is 73.9 Å². The molecule has 0 amide bonds. The molecule has 0 atom stereocenters. The first kappa shape index (κ1) is 9.52. The summed E-state index contributed by atoms with van der Waals surface area (Å²) in [7, 11) is -2.88. The van der Waals surface area contributed by atoms with Crippen LogP contribution in [0.4, 0.5) is 0 Å². The molecule has 1 aliphatic rings. The quantitative estimate of drug-likeness (QED) is 0.618. The van der Waals surface area contributed by atoms with Crippen LogP contribution in [0.2, 0.25) is 0 Å². The minimum Gasteiger partial charge on any atom is -0.224 e. The smallest absolute Gasteiger partial charge is 0.175 e. The van der Waals surface area contributed by atoms with Gasteiger partial charge in [0.15, 0.2) is 9.84 Å². The van der Waals surface area contributed by atoms with E-state index >= 15 is 0 Å². The molecule has 3 heteroatoms. The van der Waals surface area contributed by atoms with E-state index in [0.717, 1.165) is 12.0 Å². The van der Waals surface area contributed by atoms with Crippen LogP contribution in [-0.4, -0.2) is 14.2 Å². The van der Waals surface area contributed by atoms with Gasteiger partial charge in [0.25, 0.3) is 0 Å². The van der Waals surface area contributed by atoms with Crippen molar-refractivity contribution in [2.75, 3.05) is 5.75 Å². The van der Waals surface area contributed by atoms with E-state index in [1.165, 1.54) is 0 Å². The first-order chi connectivity index (χ1) is 5.58. The molecule has 0 N–H and O–H groups in total. The molecule has 0 unspecified atom stereocenters. The van der Waals surface area contributed by atoms with Crippen LogP contribution in [0.1, 0.15) is 26.7 Å². The van der Waals surface area contributed by atoms with Crippen LogP contribution in [0.5, 0.6) is 0 Å². The standard InChI is InChI=1S/C9H14O2S/c1-3-4-5-9-8(2)6-7-12(9,10)11/h3-4H,5-7H2,1-2H3/b4-3+. The van der Waals surface area contributed by atoms with Crippen molar-refractivity contribution >= 4 is 9.84 Å². The Morgan fingerprint density at radius 2 is 2.17 bits per heavy atom. The largest absolute Gasteiger partial charge is 0.224 e. The Morgan fingerprint density at radius 3 is 2.58 bits per heavy atom. The van der Waals surface area contributed by atoms with E-state index in [-0.39, 0.29) is 0 Å². The van der Waals surface area contributed by atoms with Crippen molar-refractivity contribution in [3.05, 3.63) is 22.6 Å². The monoisotopic (exact) mass is 186 g/mol. The molecule has 2 nitrogen and oxygen atoms in total. The van der Waals surface area contributed by atoms with Gasteiger partial charge in [-0.3, -0.25) is 0 Å². The maximum Gasteiger partial charge on any atom is 0.175 e. The molecule has 1 heterocycles. The minimum atomic E-state index is -2.88. The van der Waals surface area contributed by atoms with Crippen molar-refractivity contribution in [1.82, 2.24) is 0 Å². The first-order valence-corrected chi connectivity index (χ1v) is 5.75. The fraction of sp³-hybridized carbons (Fsp3) is 0.556. The molecule has 1 aliphatic heterocycles. The van der Waals surface area contributed by atoms with Gasteiger partial charge < -0.3 is 0 Å². The van der Waals surface area contributed by atoms with E-state index in [4.69, 9.17) is 0 Å². The lowest BCUT2D eigenvalue weighted by atomic mass is 10.2. The normalized spacial score (nSPS) is 22.5. The maximum atomic E-state index is 11.4. The van der Waals surface area contributed by atoms with Gasteiger partial charge in [0.05, 0.1) is 5.75 Å². The second kappa shape index (κ2) is 3.44. The van der Waals surface area contributed by atoms with Crippen molar-refractivity contribution in [3.63, 3.8) is 0 Å². The highest BCUT2D eigenvalue weighted by molar-refractivity contribution is 7.95. The average molecular weight is 186 g/mol. The molecule has 0 spiro atoms. The summed E-state index contributed by atoms with van der Waals surface area (Å²) in [6, 6.07) is 0. The van der Waals surface area contributed by atoms with Gasteiger partial charge in [-0.15, -0.1) is 0 Å². The molecule has 0 aromatic rings. The molecule has 0 aliphatic carbocycles. The zero-order valence-corrected chi connectivity index (χ0v) is 8.32. The summed E-state index contributed by atoms with van der Waals surface area (Å²) in [5, 5.41) is 0. The van der Waals surface area contributed by atoms with E-state index < -0.39 is 9.84 Å². The van der Waals surface area contributed by atoms with E-state index in [1.54, 1.807) is 0 Å². The molecule has 0 bridgehead atoms. The van der Waals surface area contributed by atoms with Crippen LogP contribution in [-0.2, 0) is 9.84 Å². The fourth-order valence-electron chi connectivity index (χ4n) is 1.34. The Morgan fingerprint density at radius 1 is 1.50 bits per heavy atom. The summed E-state index contributed by atoms with van der Waals surface area (Å²) in [4.78, 5) is 0.639. The lowest BCUT2D eigenvalue weighted by molar-refractivity contribution is 0.603. The van der Waals surface area contributed by atoms with Gasteiger partial charge in [-0.1, -0.05) is 17.7 Å². The van der Waals surface area contributed by atoms with Gasteiger partial charge >= 0.3 is 0 Å². The Balaban J connectivity index is 2.92. The van der Waals surface area contributed by atoms with Gasteiger partial charge in [0.1, 0.15) is 0 Å². The molecule has 0 radical (unpaired) electrons. The van der Waals surface area contributed by atoms with Crippen LogP contribution in [0.3, 0.4) is 0 Å². The van der Waals surface area contributed by atoms with Crippen molar-refractivity contribution in [2.45, 2.75) is 26.7 Å². The maximum absolute atomic E-state index is 11.4. The highest BCUT2D eigenvalue weighted by Crippen LogP contribution is 2.27. The van der Waals surface area contributed by atoms with Crippen molar-refractivity contribution in [1.29, 1.82) is 0 Å². The Kier molecular flexibility index (Phi) is 2.73. The van der Waals surface area contributed by atoms with E-state index in [1.807, 2.05) is 26.0 Å². The summed E-state index contributed by atoms with van der Waals surface area (Å²) in [6.45, 7) is 3.81. The van der Waals surface area contributed by atoms with E-state index in [9.17, 15) is 8.42 Å². The summed E-state index contributed by atoms with van der Waals surface area (Å²) in [6.07, 6.45) is 5.07. The van der Waals surface area contributed by atoms with Gasteiger partial charge in [0.2, 0.25) is 0 Å². The van der Waals surface area contributed by atoms with Crippen LogP contribution in [0.15, 0.2) is 22.6 Å². The highest BCUT2D eigenvalue weighted by atomic mass is 32.2. The van der Waals surface area contributed by atoms with Crippen LogP contribution >= 0.6 is 0 Å². The number of rotatable bonds is 2. The predicted molar refractivity (Wildman–Crippen MR) is 50.5 cm³/mol. The third-order valence-corrected chi connectivity index (χ3v) is 4.14. The first-order valence-electron chi connectivity index (χ1n) is 4.10. The van der Waals surface area contributed by atoms with Crippen molar-refractivity contribution in [2.24, 2.45) is 0 Å². The predicted octanol–water partition coefficient (Wildman–Crippen LogP) is 2.05. The third kappa shape index (κ3) is 1.78. The number of sulfone groups is 1. The average Bonchev–Trinajstić information content (AvgIpc) is 2.24. The number of hydrogen-bond donors (Lipinski definition) is 0. The van der Waals surface area contributed by atoms with Gasteiger partial charge in [-0.2, -0.15) is 0 Å². The van der Waals surface area contributed by atoms with Crippen LogP contribution < -0.4 is 0 Å². The summed E-state index contributed by atoms with van der Waals surface area (Å²) in [5.41, 5.74) is 1.04. The molecule has 0 fully saturated rings. The van der Waals surface area contributed by atoms with Gasteiger partial charge in [-0.25, -0.2) is 8.42 Å². The zero-order chi connectivity index (χ0) is 9.19. The van der Waals surface area contributed by atoms with Crippen LogP contribution in [0.25, 0.3) is 0 Å². The molecule has 12 heavy (non-hydrogen) atoms. The minimum absolute atomic E-state index is 0.311. The SMILES string of the molecule is C/C=C/CC1=C(C)CCS1(=O)=O. The molecule has 0 saturated carbocycles. The molecule has 1 rings (SSSR count). The summed E-state index contributed by atoms with van der Waals surface area (Å²) < 4.78 is 22.8. The molecular weight excluding hydrogens is 172 g/mol. The zero-order valence-electron chi connectivity index (χ0n) is 7.50. The summed E-state index contributed by atoms with van der Waals surface area (Å²) >= 11 is 0. The van der Waals surface area contributed by atoms with Crippen molar-refractivity contribution < 1.29 is 8.42 Å². The molecule has 0 aromatic carbocycles. The van der Waals surface area contributed by atoms with Crippen LogP contribution in [0, 0.1) is 0 Å². The molecule has 0 aromatic heterocycles. The molecular formula is C9H14O2S. The Bertz CT molecular complexity index is 320. The number of hydrogen-bond acceptors (Lipinski definition) is 2. The lowest BCUT2D eigenvalue weighted by Crippen LogP contribution is -2.01. The topological polar surface area (TPSA) is 34.1 Å². The molecule has 68 valence electrons. The Hall–Kier alpha value is -0.570. The van der Waals surface area contributed by atoms with Gasteiger partial charge in [-0.05, 0) is 20.3 Å². The second-order valence-corrected chi connectivity index (χ2v) is 5.18. The second-order valence-electron chi connectivity index (χ2n) is 3.05. The molecule has 0 saturated heterocycles. The lowest BCUT2D eigenvalue weighted by Gasteiger charge is -1.98. The third-order valence-electron chi connectivity index (χ3n) is 2.14. The summed E-state index contributed by atoms with van der Waals surface area (Å²) in [5.74, 6) is 0.311. The van der Waals surface area contributed by atoms with E-state index in [2.05, 4.69) is 0 Å². The van der Waals surface area contributed by atoms with E-state index in [0.29, 0.717) is 17.1 Å². The number of allylic oxidation sites excluding steroid dienone is 4. The fourth-order valence-corrected chi connectivity index (χ4v) is 3.15.